The van der Waals surface area contributed by atoms with Crippen molar-refractivity contribution >= 4 is 22.7 Å². The molecule has 3 aromatic rings. The Hall–Kier alpha value is -3.36. The van der Waals surface area contributed by atoms with Gasteiger partial charge in [0.15, 0.2) is 0 Å². The molecule has 0 bridgehead atoms. The Kier molecular flexibility index (Phi) is 7.19. The lowest BCUT2D eigenvalue weighted by atomic mass is 10.0. The number of rotatable bonds is 7. The van der Waals surface area contributed by atoms with Gasteiger partial charge in [0, 0.05) is 18.0 Å². The Morgan fingerprint density at radius 2 is 2.00 bits per heavy atom. The summed E-state index contributed by atoms with van der Waals surface area (Å²) in [6.45, 7) is 4.34. The van der Waals surface area contributed by atoms with E-state index in [9.17, 15) is 19.1 Å². The van der Waals surface area contributed by atoms with E-state index in [0.717, 1.165) is 17.5 Å². The highest BCUT2D eigenvalue weighted by Crippen LogP contribution is 2.23. The lowest BCUT2D eigenvalue weighted by Crippen LogP contribution is -2.51. The van der Waals surface area contributed by atoms with E-state index in [1.807, 2.05) is 38.1 Å². The van der Waals surface area contributed by atoms with Gasteiger partial charge in [-0.15, -0.1) is 0 Å². The van der Waals surface area contributed by atoms with E-state index in [4.69, 9.17) is 0 Å². The Labute approximate surface area is 198 Å². The molecule has 3 atom stereocenters. The van der Waals surface area contributed by atoms with Gasteiger partial charge in [0.2, 0.25) is 5.91 Å². The number of hydrogen-bond donors (Lipinski definition) is 3. The molecule has 2 heterocycles. The molecule has 178 valence electrons. The molecule has 7 nitrogen and oxygen atoms in total. The van der Waals surface area contributed by atoms with Gasteiger partial charge < -0.3 is 15.3 Å². The topological polar surface area (TPSA) is 94.6 Å². The van der Waals surface area contributed by atoms with Crippen LogP contribution < -0.4 is 10.6 Å². The zero-order valence-corrected chi connectivity index (χ0v) is 19.3. The van der Waals surface area contributed by atoms with Crippen LogP contribution in [-0.2, 0) is 4.79 Å². The number of halogens is 1. The van der Waals surface area contributed by atoms with Gasteiger partial charge in [0.1, 0.15) is 17.7 Å². The molecule has 8 heteroatoms. The predicted molar refractivity (Wildman–Crippen MR) is 128 cm³/mol. The number of likely N-dealkylation sites (tertiary alicyclic amines) is 1. The number of carbonyl (C=O) groups excluding carboxylic acids is 2. The summed E-state index contributed by atoms with van der Waals surface area (Å²) < 4.78 is 13.3. The number of aliphatic hydroxyl groups excluding tert-OH is 1. The van der Waals surface area contributed by atoms with Crippen LogP contribution in [0.3, 0.4) is 0 Å². The average molecular weight is 465 g/mol. The van der Waals surface area contributed by atoms with E-state index >= 15 is 0 Å². The summed E-state index contributed by atoms with van der Waals surface area (Å²) >= 11 is 0. The number of fused-ring (bicyclic) bond motifs is 1. The van der Waals surface area contributed by atoms with Crippen LogP contribution in [0.25, 0.3) is 10.9 Å². The minimum atomic E-state index is -0.890. The quantitative estimate of drug-likeness (QED) is 0.467. The van der Waals surface area contributed by atoms with Crippen LogP contribution in [0.15, 0.2) is 54.6 Å². The number of hydrogen-bond acceptors (Lipinski definition) is 5. The number of nitrogens with zero attached hydrogens (tertiary/aromatic N) is 2. The van der Waals surface area contributed by atoms with E-state index in [1.165, 1.54) is 24.3 Å². The first kappa shape index (κ1) is 23.8. The molecule has 3 N–H and O–H groups in total. The summed E-state index contributed by atoms with van der Waals surface area (Å²) in [6.07, 6.45) is 0.571. The van der Waals surface area contributed by atoms with Gasteiger partial charge in [0.25, 0.3) is 5.91 Å². The van der Waals surface area contributed by atoms with Crippen LogP contribution in [-0.4, -0.2) is 52.2 Å². The number of carbonyl (C=O) groups is 2. The van der Waals surface area contributed by atoms with E-state index in [-0.39, 0.29) is 36.0 Å². The third-order valence-corrected chi connectivity index (χ3v) is 6.34. The molecule has 1 aliphatic heterocycles. The van der Waals surface area contributed by atoms with E-state index in [0.29, 0.717) is 23.9 Å². The fourth-order valence-corrected chi connectivity index (χ4v) is 4.53. The van der Waals surface area contributed by atoms with Gasteiger partial charge in [0.05, 0.1) is 18.1 Å². The van der Waals surface area contributed by atoms with E-state index in [2.05, 4.69) is 15.6 Å². The summed E-state index contributed by atoms with van der Waals surface area (Å²) in [6, 6.07) is 14.8. The molecule has 0 saturated carbocycles. The third kappa shape index (κ3) is 5.24. The molecule has 0 aliphatic carbocycles. The molecule has 2 amide bonds. The molecule has 2 unspecified atom stereocenters. The molecule has 1 fully saturated rings. The predicted octanol–water partition coefficient (Wildman–Crippen LogP) is 3.07. The second-order valence-electron chi connectivity index (χ2n) is 8.70. The zero-order chi connectivity index (χ0) is 24.2. The monoisotopic (exact) mass is 464 g/mol. The molecule has 0 radical (unpaired) electrons. The largest absolute Gasteiger partial charge is 0.376 e. The van der Waals surface area contributed by atoms with Crippen LogP contribution in [0.1, 0.15) is 47.4 Å². The van der Waals surface area contributed by atoms with Crippen molar-refractivity contribution < 1.29 is 19.1 Å². The Morgan fingerprint density at radius 1 is 1.21 bits per heavy atom. The Bertz CT molecular complexity index is 1200. The van der Waals surface area contributed by atoms with Crippen molar-refractivity contribution in [3.8, 4) is 0 Å². The highest BCUT2D eigenvalue weighted by atomic mass is 19.1. The minimum absolute atomic E-state index is 0.0825. The summed E-state index contributed by atoms with van der Waals surface area (Å²) in [5.74, 6) is -1.12. The summed E-state index contributed by atoms with van der Waals surface area (Å²) in [4.78, 5) is 31.3. The Morgan fingerprint density at radius 3 is 2.79 bits per heavy atom. The fourth-order valence-electron chi connectivity index (χ4n) is 4.53. The molecule has 4 rings (SSSR count). The van der Waals surface area contributed by atoms with Crippen molar-refractivity contribution in [1.29, 1.82) is 0 Å². The van der Waals surface area contributed by atoms with Crippen molar-refractivity contribution in [3.05, 3.63) is 77.2 Å². The maximum atomic E-state index is 13.3. The molecule has 1 saturated heterocycles. The highest BCUT2D eigenvalue weighted by Gasteiger charge is 2.34. The van der Waals surface area contributed by atoms with Crippen LogP contribution in [0.4, 0.5) is 4.39 Å². The van der Waals surface area contributed by atoms with Gasteiger partial charge in [-0.25, -0.2) is 9.37 Å². The molecular formula is C26H29FN4O3. The van der Waals surface area contributed by atoms with Crippen LogP contribution in [0.5, 0.6) is 0 Å². The van der Waals surface area contributed by atoms with Crippen molar-refractivity contribution in [2.45, 2.75) is 45.0 Å². The van der Waals surface area contributed by atoms with Crippen molar-refractivity contribution in [2.75, 3.05) is 13.1 Å². The zero-order valence-electron chi connectivity index (χ0n) is 19.3. The van der Waals surface area contributed by atoms with Crippen LogP contribution in [0, 0.1) is 12.7 Å². The number of aliphatic hydroxyl groups is 1. The number of amides is 2. The molecule has 1 aliphatic rings. The maximum absolute atomic E-state index is 13.3. The second kappa shape index (κ2) is 10.3. The maximum Gasteiger partial charge on any atom is 0.270 e. The van der Waals surface area contributed by atoms with Gasteiger partial charge in [-0.05, 0) is 62.1 Å². The first-order valence-electron chi connectivity index (χ1n) is 11.5. The van der Waals surface area contributed by atoms with Crippen molar-refractivity contribution in [1.82, 2.24) is 20.5 Å². The van der Waals surface area contributed by atoms with Crippen LogP contribution >= 0.6 is 0 Å². The number of benzene rings is 2. The standard InChI is InChI=1S/C26H29FN4O3/c1-16-6-3-4-7-20(16)17(2)29-26(34)23-8-5-13-31(23)24(32)15-28-25(33)22-11-9-18-14-19(27)10-12-21(18)30-22/h3-4,6-7,9-12,14,17,23,26,29,34H,5,8,13,15H2,1-2H3,(H,28,33)/t17-,23?,26?/m0/s1. The molecular weight excluding hydrogens is 435 g/mol. The summed E-state index contributed by atoms with van der Waals surface area (Å²) in [5, 5.41) is 17.3. The smallest absolute Gasteiger partial charge is 0.270 e. The number of aromatic nitrogens is 1. The number of aryl methyl sites for hydroxylation is 1. The SMILES string of the molecule is Cc1ccccc1[C@H](C)NC(O)C1CCCN1C(=O)CNC(=O)c1ccc2cc(F)ccc2n1. The molecule has 1 aromatic heterocycles. The lowest BCUT2D eigenvalue weighted by molar-refractivity contribution is -0.133. The average Bonchev–Trinajstić information content (AvgIpc) is 3.32. The first-order chi connectivity index (χ1) is 16.3. The lowest BCUT2D eigenvalue weighted by Gasteiger charge is -2.31. The van der Waals surface area contributed by atoms with Crippen LogP contribution in [0.2, 0.25) is 0 Å². The van der Waals surface area contributed by atoms with Gasteiger partial charge >= 0.3 is 0 Å². The Balaban J connectivity index is 1.35. The third-order valence-electron chi connectivity index (χ3n) is 6.34. The molecule has 2 aromatic carbocycles. The van der Waals surface area contributed by atoms with Crippen molar-refractivity contribution in [2.24, 2.45) is 0 Å². The van der Waals surface area contributed by atoms with Gasteiger partial charge in [-0.3, -0.25) is 14.9 Å². The molecule has 0 spiro atoms. The molecule has 34 heavy (non-hydrogen) atoms. The van der Waals surface area contributed by atoms with E-state index in [1.54, 1.807) is 11.0 Å². The van der Waals surface area contributed by atoms with Gasteiger partial charge in [-0.2, -0.15) is 0 Å². The minimum Gasteiger partial charge on any atom is -0.376 e. The highest BCUT2D eigenvalue weighted by molar-refractivity contribution is 5.96. The normalized spacial score (nSPS) is 17.5. The first-order valence-corrected chi connectivity index (χ1v) is 11.5. The summed E-state index contributed by atoms with van der Waals surface area (Å²) in [7, 11) is 0. The van der Waals surface area contributed by atoms with E-state index < -0.39 is 12.1 Å². The second-order valence-corrected chi connectivity index (χ2v) is 8.70. The van der Waals surface area contributed by atoms with Crippen molar-refractivity contribution in [3.63, 3.8) is 0 Å². The number of nitrogens with one attached hydrogen (secondary N) is 2. The summed E-state index contributed by atoms with van der Waals surface area (Å²) in [5.41, 5.74) is 2.87. The fraction of sp³-hybridized carbons (Fsp3) is 0.346. The number of pyridine rings is 1. The van der Waals surface area contributed by atoms with Gasteiger partial charge in [-0.1, -0.05) is 30.3 Å².